The zero-order valence-corrected chi connectivity index (χ0v) is 18.5. The number of fused-ring (bicyclic) bond motifs is 3. The van der Waals surface area contributed by atoms with Crippen molar-refractivity contribution in [3.8, 4) is 0 Å². The largest absolute Gasteiger partial charge is 0.475 e. The maximum Gasteiger partial charge on any atom is 0.475 e. The van der Waals surface area contributed by atoms with Gasteiger partial charge in [0.15, 0.2) is 0 Å². The molecular weight excluding hydrogens is 387 g/mol. The highest BCUT2D eigenvalue weighted by atomic mass is 35.5. The van der Waals surface area contributed by atoms with Gasteiger partial charge in [-0.05, 0) is 92.4 Å². The molecule has 3 aliphatic rings. The molecule has 7 heteroatoms. The Bertz CT molecular complexity index is 657. The number of hydrogen-bond acceptors (Lipinski definition) is 4. The molecule has 0 unspecified atom stereocenters. The maximum atomic E-state index is 12.5. The molecule has 2 bridgehead atoms. The SMILES string of the molecule is CC(C)C12CCC(c3ccc(C(=O)N[C@@H](CCCN)B(O)O)cc3)(CC1)CC2.Cl. The molecule has 0 radical (unpaired) electrons. The van der Waals surface area contributed by atoms with Crippen LogP contribution in [0, 0.1) is 11.3 Å². The average Bonchev–Trinajstić information content (AvgIpc) is 2.72. The lowest BCUT2D eigenvalue weighted by atomic mass is 9.49. The summed E-state index contributed by atoms with van der Waals surface area (Å²) in [5, 5.41) is 21.7. The number of carbonyl (C=O) groups is 1. The van der Waals surface area contributed by atoms with Crippen LogP contribution in [0.4, 0.5) is 0 Å². The summed E-state index contributed by atoms with van der Waals surface area (Å²) >= 11 is 0. The van der Waals surface area contributed by atoms with Crippen LogP contribution >= 0.6 is 12.4 Å². The van der Waals surface area contributed by atoms with E-state index in [4.69, 9.17) is 5.73 Å². The topological polar surface area (TPSA) is 95.6 Å². The van der Waals surface area contributed by atoms with E-state index in [0.717, 1.165) is 5.92 Å². The Morgan fingerprint density at radius 2 is 1.66 bits per heavy atom. The average molecular weight is 423 g/mol. The summed E-state index contributed by atoms with van der Waals surface area (Å²) in [5.74, 6) is -0.216. The number of halogens is 1. The van der Waals surface area contributed by atoms with Gasteiger partial charge in [0.25, 0.3) is 5.91 Å². The number of hydrogen-bond donors (Lipinski definition) is 4. The molecular formula is C22H36BClN2O3. The molecule has 162 valence electrons. The predicted octanol–water partition coefficient (Wildman–Crippen LogP) is 3.21. The lowest BCUT2D eigenvalue weighted by Gasteiger charge is -2.56. The first kappa shape index (κ1) is 24.2. The summed E-state index contributed by atoms with van der Waals surface area (Å²) in [6.07, 6.45) is 8.73. The summed E-state index contributed by atoms with van der Waals surface area (Å²) in [5.41, 5.74) is 8.21. The normalized spacial score (nSPS) is 26.7. The van der Waals surface area contributed by atoms with Crippen LogP contribution in [0.2, 0.25) is 0 Å². The molecule has 5 nitrogen and oxygen atoms in total. The van der Waals surface area contributed by atoms with Gasteiger partial charge in [-0.2, -0.15) is 0 Å². The third-order valence-electron chi connectivity index (χ3n) is 7.68. The van der Waals surface area contributed by atoms with Crippen molar-refractivity contribution in [3.05, 3.63) is 35.4 Å². The van der Waals surface area contributed by atoms with Crippen molar-refractivity contribution in [1.82, 2.24) is 5.32 Å². The zero-order valence-electron chi connectivity index (χ0n) is 17.7. The molecule has 1 amide bonds. The van der Waals surface area contributed by atoms with E-state index in [9.17, 15) is 14.8 Å². The lowest BCUT2D eigenvalue weighted by molar-refractivity contribution is 0.00186. The number of benzene rings is 1. The third-order valence-corrected chi connectivity index (χ3v) is 7.68. The number of rotatable bonds is 8. The zero-order chi connectivity index (χ0) is 20.4. The van der Waals surface area contributed by atoms with Crippen molar-refractivity contribution in [1.29, 1.82) is 0 Å². The second-order valence-electron chi connectivity index (χ2n) is 9.30. The van der Waals surface area contributed by atoms with E-state index in [0.29, 0.717) is 30.4 Å². The number of nitrogens with two attached hydrogens (primary N) is 1. The molecule has 0 aliphatic heterocycles. The van der Waals surface area contributed by atoms with Gasteiger partial charge in [0.2, 0.25) is 0 Å². The first-order valence-corrected chi connectivity index (χ1v) is 10.8. The van der Waals surface area contributed by atoms with Crippen molar-refractivity contribution >= 4 is 25.4 Å². The molecule has 0 aromatic heterocycles. The lowest BCUT2D eigenvalue weighted by Crippen LogP contribution is -2.47. The second-order valence-corrected chi connectivity index (χ2v) is 9.30. The maximum absolute atomic E-state index is 12.5. The summed E-state index contributed by atoms with van der Waals surface area (Å²) in [7, 11) is -1.58. The van der Waals surface area contributed by atoms with Crippen molar-refractivity contribution in [2.24, 2.45) is 17.1 Å². The van der Waals surface area contributed by atoms with E-state index in [-0.39, 0.29) is 23.7 Å². The van der Waals surface area contributed by atoms with Crippen LogP contribution in [-0.4, -0.2) is 35.6 Å². The van der Waals surface area contributed by atoms with Crippen LogP contribution < -0.4 is 11.1 Å². The molecule has 1 aromatic carbocycles. The number of nitrogens with one attached hydrogen (secondary N) is 1. The van der Waals surface area contributed by atoms with Crippen LogP contribution in [0.25, 0.3) is 0 Å². The molecule has 3 aliphatic carbocycles. The fourth-order valence-electron chi connectivity index (χ4n) is 5.37. The quantitative estimate of drug-likeness (QED) is 0.484. The number of carbonyl (C=O) groups excluding carboxylic acids is 1. The summed E-state index contributed by atoms with van der Waals surface area (Å²) < 4.78 is 0. The summed E-state index contributed by atoms with van der Waals surface area (Å²) in [6.45, 7) is 5.19. The van der Waals surface area contributed by atoms with Gasteiger partial charge in [-0.1, -0.05) is 26.0 Å². The fourth-order valence-corrected chi connectivity index (χ4v) is 5.37. The Labute approximate surface area is 181 Å². The van der Waals surface area contributed by atoms with E-state index in [1.54, 1.807) is 0 Å². The van der Waals surface area contributed by atoms with Crippen LogP contribution in [-0.2, 0) is 5.41 Å². The Balaban J connectivity index is 0.00000300. The molecule has 3 fully saturated rings. The Hall–Kier alpha value is -1.08. The van der Waals surface area contributed by atoms with Crippen molar-refractivity contribution in [2.75, 3.05) is 6.54 Å². The van der Waals surface area contributed by atoms with Gasteiger partial charge < -0.3 is 21.1 Å². The molecule has 3 saturated carbocycles. The summed E-state index contributed by atoms with van der Waals surface area (Å²) in [6, 6.07) is 7.96. The molecule has 0 heterocycles. The van der Waals surface area contributed by atoms with Gasteiger partial charge in [-0.25, -0.2) is 0 Å². The van der Waals surface area contributed by atoms with E-state index in [1.807, 2.05) is 12.1 Å². The van der Waals surface area contributed by atoms with Crippen LogP contribution in [0.15, 0.2) is 24.3 Å². The molecule has 1 atom stereocenters. The van der Waals surface area contributed by atoms with Crippen molar-refractivity contribution in [3.63, 3.8) is 0 Å². The molecule has 4 rings (SSSR count). The second kappa shape index (κ2) is 9.82. The van der Waals surface area contributed by atoms with E-state index >= 15 is 0 Å². The van der Waals surface area contributed by atoms with Gasteiger partial charge in [-0.15, -0.1) is 12.4 Å². The third kappa shape index (κ3) is 4.99. The van der Waals surface area contributed by atoms with Gasteiger partial charge in [-0.3, -0.25) is 4.79 Å². The van der Waals surface area contributed by atoms with Gasteiger partial charge in [0.05, 0.1) is 5.94 Å². The standard InChI is InChI=1S/C22H35BN2O3.ClH/c1-16(2)21-9-12-22(13-10-21,14-11-21)18-7-5-17(6-8-18)20(26)25-19(23(27)28)4-3-15-24;/h5-8,16,19,27-28H,3-4,9-15,24H2,1-2H3,(H,25,26);1H/t19-,21?,22?;/m0./s1. The Morgan fingerprint density at radius 1 is 1.10 bits per heavy atom. The fraction of sp³-hybridized carbons (Fsp3) is 0.682. The first-order chi connectivity index (χ1) is 13.3. The Morgan fingerprint density at radius 3 is 2.10 bits per heavy atom. The molecule has 0 saturated heterocycles. The number of amides is 1. The van der Waals surface area contributed by atoms with Gasteiger partial charge in [0, 0.05) is 5.56 Å². The minimum Gasteiger partial charge on any atom is -0.426 e. The van der Waals surface area contributed by atoms with Crippen LogP contribution in [0.1, 0.15) is 81.1 Å². The highest BCUT2D eigenvalue weighted by Crippen LogP contribution is 2.60. The molecule has 5 N–H and O–H groups in total. The van der Waals surface area contributed by atoms with Crippen molar-refractivity contribution < 1.29 is 14.8 Å². The Kier molecular flexibility index (Phi) is 8.19. The van der Waals surface area contributed by atoms with Gasteiger partial charge in [0.1, 0.15) is 0 Å². The minimum atomic E-state index is -1.58. The van der Waals surface area contributed by atoms with E-state index in [2.05, 4.69) is 31.3 Å². The van der Waals surface area contributed by atoms with E-state index < -0.39 is 13.1 Å². The molecule has 1 aromatic rings. The minimum absolute atomic E-state index is 0. The highest BCUT2D eigenvalue weighted by molar-refractivity contribution is 6.43. The van der Waals surface area contributed by atoms with Crippen LogP contribution in [0.3, 0.4) is 0 Å². The van der Waals surface area contributed by atoms with Crippen molar-refractivity contribution in [2.45, 2.75) is 76.6 Å². The predicted molar refractivity (Wildman–Crippen MR) is 120 cm³/mol. The molecule has 29 heavy (non-hydrogen) atoms. The highest BCUT2D eigenvalue weighted by Gasteiger charge is 2.50. The molecule has 0 spiro atoms. The smallest absolute Gasteiger partial charge is 0.426 e. The first-order valence-electron chi connectivity index (χ1n) is 10.8. The van der Waals surface area contributed by atoms with Gasteiger partial charge >= 0.3 is 7.12 Å². The summed E-state index contributed by atoms with van der Waals surface area (Å²) in [4.78, 5) is 12.5. The van der Waals surface area contributed by atoms with E-state index in [1.165, 1.54) is 44.1 Å². The van der Waals surface area contributed by atoms with Crippen LogP contribution in [0.5, 0.6) is 0 Å². The monoisotopic (exact) mass is 422 g/mol.